The number of likely N-dealkylation sites (N-methyl/N-ethyl adjacent to an activating group) is 1. The quantitative estimate of drug-likeness (QED) is 0.598. The molecule has 2 aromatic carbocycles. The molecule has 0 aromatic heterocycles. The van der Waals surface area contributed by atoms with Crippen LogP contribution in [0.3, 0.4) is 0 Å². The molecular weight excluding hydrogens is 308 g/mol. The first-order valence-electron chi connectivity index (χ1n) is 7.72. The first-order valence-corrected chi connectivity index (χ1v) is 7.72. The van der Waals surface area contributed by atoms with Gasteiger partial charge in [-0.1, -0.05) is 24.3 Å². The lowest BCUT2D eigenvalue weighted by Crippen LogP contribution is -2.40. The van der Waals surface area contributed by atoms with Crippen molar-refractivity contribution in [2.45, 2.75) is 26.9 Å². The Balaban J connectivity index is 2.21. The molecule has 1 amide bonds. The summed E-state index contributed by atoms with van der Waals surface area (Å²) in [5.41, 5.74) is 1.38. The van der Waals surface area contributed by atoms with Crippen LogP contribution in [0.25, 0.3) is 0 Å². The number of hydrogen-bond donors (Lipinski definition) is 0. The molecule has 126 valence electrons. The van der Waals surface area contributed by atoms with Gasteiger partial charge in [0.1, 0.15) is 0 Å². The third-order valence-electron chi connectivity index (χ3n) is 3.61. The predicted octanol–water partition coefficient (Wildman–Crippen LogP) is 3.72. The summed E-state index contributed by atoms with van der Waals surface area (Å²) in [5, 5.41) is 11.2. The van der Waals surface area contributed by atoms with Gasteiger partial charge in [0.05, 0.1) is 4.92 Å². The summed E-state index contributed by atoms with van der Waals surface area (Å²) in [5.74, 6) is -0.158. The number of para-hydroxylation sites is 1. The molecule has 2 aromatic rings. The minimum absolute atomic E-state index is 0.0931. The van der Waals surface area contributed by atoms with Crippen LogP contribution in [0.5, 0.6) is 5.75 Å². The summed E-state index contributed by atoms with van der Waals surface area (Å²) >= 11 is 0. The number of nitrogens with zero attached hydrogens (tertiary/aromatic N) is 2. The molecule has 0 N–H and O–H groups in total. The summed E-state index contributed by atoms with van der Waals surface area (Å²) in [6.45, 7) is 5.70. The van der Waals surface area contributed by atoms with Gasteiger partial charge >= 0.3 is 5.69 Å². The van der Waals surface area contributed by atoms with E-state index in [1.165, 1.54) is 12.1 Å². The van der Waals surface area contributed by atoms with E-state index in [0.717, 1.165) is 11.3 Å². The highest BCUT2D eigenvalue weighted by Gasteiger charge is 2.25. The Labute approximate surface area is 140 Å². The summed E-state index contributed by atoms with van der Waals surface area (Å²) in [6, 6.07) is 13.9. The number of amides is 1. The van der Waals surface area contributed by atoms with Gasteiger partial charge in [-0.25, -0.2) is 0 Å². The molecule has 0 aliphatic rings. The predicted molar refractivity (Wildman–Crippen MR) is 92.4 cm³/mol. The monoisotopic (exact) mass is 328 g/mol. The van der Waals surface area contributed by atoms with Crippen LogP contribution >= 0.6 is 0 Å². The van der Waals surface area contributed by atoms with Crippen LogP contribution in [0.4, 0.5) is 11.4 Å². The van der Waals surface area contributed by atoms with Crippen molar-refractivity contribution < 1.29 is 14.5 Å². The van der Waals surface area contributed by atoms with Crippen LogP contribution < -0.4 is 9.64 Å². The topological polar surface area (TPSA) is 72.7 Å². The van der Waals surface area contributed by atoms with E-state index >= 15 is 0 Å². The third-order valence-corrected chi connectivity index (χ3v) is 3.61. The molecule has 24 heavy (non-hydrogen) atoms. The maximum absolute atomic E-state index is 12.7. The molecule has 0 aliphatic heterocycles. The van der Waals surface area contributed by atoms with Crippen LogP contribution in [0.2, 0.25) is 0 Å². The fraction of sp³-hybridized carbons (Fsp3) is 0.278. The first-order chi connectivity index (χ1) is 11.4. The number of rotatable bonds is 6. The SMILES string of the molecule is CCN(C(=O)[C@@H](C)Oc1ccc(C)cc1[N+](=O)[O-])c1ccccc1. The van der Waals surface area contributed by atoms with E-state index in [0.29, 0.717) is 6.54 Å². The normalized spacial score (nSPS) is 11.6. The molecule has 0 saturated heterocycles. The molecule has 0 spiro atoms. The molecule has 0 unspecified atom stereocenters. The Bertz CT molecular complexity index is 731. The van der Waals surface area contributed by atoms with Crippen molar-refractivity contribution in [2.75, 3.05) is 11.4 Å². The fourth-order valence-corrected chi connectivity index (χ4v) is 2.40. The molecule has 0 heterocycles. The van der Waals surface area contributed by atoms with E-state index in [1.54, 1.807) is 24.8 Å². The highest BCUT2D eigenvalue weighted by molar-refractivity contribution is 5.96. The van der Waals surface area contributed by atoms with Gasteiger partial charge in [-0.3, -0.25) is 14.9 Å². The number of ether oxygens (including phenoxy) is 1. The lowest BCUT2D eigenvalue weighted by atomic mass is 10.2. The lowest BCUT2D eigenvalue weighted by molar-refractivity contribution is -0.386. The van der Waals surface area contributed by atoms with Crippen molar-refractivity contribution >= 4 is 17.3 Å². The smallest absolute Gasteiger partial charge is 0.311 e. The molecule has 0 radical (unpaired) electrons. The summed E-state index contributed by atoms with van der Waals surface area (Å²) in [7, 11) is 0. The molecule has 0 fully saturated rings. The molecule has 6 nitrogen and oxygen atoms in total. The van der Waals surface area contributed by atoms with Gasteiger partial charge in [0.2, 0.25) is 0 Å². The second kappa shape index (κ2) is 7.59. The van der Waals surface area contributed by atoms with Gasteiger partial charge in [0.25, 0.3) is 5.91 Å². The number of carbonyl (C=O) groups excluding carboxylic acids is 1. The van der Waals surface area contributed by atoms with Gasteiger partial charge in [-0.15, -0.1) is 0 Å². The Morgan fingerprint density at radius 1 is 1.25 bits per heavy atom. The van der Waals surface area contributed by atoms with E-state index in [2.05, 4.69) is 0 Å². The maximum atomic E-state index is 12.7. The van der Waals surface area contributed by atoms with Crippen molar-refractivity contribution in [3.05, 3.63) is 64.2 Å². The second-order valence-electron chi connectivity index (χ2n) is 5.41. The number of hydrogen-bond acceptors (Lipinski definition) is 4. The Morgan fingerprint density at radius 3 is 2.50 bits per heavy atom. The van der Waals surface area contributed by atoms with E-state index in [4.69, 9.17) is 4.74 Å². The van der Waals surface area contributed by atoms with E-state index in [-0.39, 0.29) is 17.3 Å². The zero-order valence-corrected chi connectivity index (χ0v) is 13.9. The molecule has 0 aliphatic carbocycles. The molecule has 0 bridgehead atoms. The van der Waals surface area contributed by atoms with Crippen LogP contribution in [0.15, 0.2) is 48.5 Å². The second-order valence-corrected chi connectivity index (χ2v) is 5.41. The standard InChI is InChI=1S/C18H20N2O4/c1-4-19(15-8-6-5-7-9-15)18(21)14(3)24-17-11-10-13(2)12-16(17)20(22)23/h5-12,14H,4H2,1-3H3/t14-/m1/s1. The van der Waals surface area contributed by atoms with Crippen molar-refractivity contribution in [1.82, 2.24) is 0 Å². The van der Waals surface area contributed by atoms with Crippen LogP contribution in [0.1, 0.15) is 19.4 Å². The molecule has 6 heteroatoms. The average Bonchev–Trinajstić information content (AvgIpc) is 2.57. The molecular formula is C18H20N2O4. The maximum Gasteiger partial charge on any atom is 0.311 e. The van der Waals surface area contributed by atoms with E-state index < -0.39 is 11.0 Å². The highest BCUT2D eigenvalue weighted by Crippen LogP contribution is 2.29. The Kier molecular flexibility index (Phi) is 5.52. The Morgan fingerprint density at radius 2 is 1.92 bits per heavy atom. The minimum Gasteiger partial charge on any atom is -0.474 e. The zero-order chi connectivity index (χ0) is 17.7. The zero-order valence-electron chi connectivity index (χ0n) is 13.9. The van der Waals surface area contributed by atoms with Crippen LogP contribution in [0, 0.1) is 17.0 Å². The number of carbonyl (C=O) groups is 1. The van der Waals surface area contributed by atoms with Gasteiger partial charge in [-0.2, -0.15) is 0 Å². The number of nitro benzene ring substituents is 1. The molecule has 0 saturated carbocycles. The third kappa shape index (κ3) is 3.90. The van der Waals surface area contributed by atoms with E-state index in [1.807, 2.05) is 37.3 Å². The Hall–Kier alpha value is -2.89. The van der Waals surface area contributed by atoms with E-state index in [9.17, 15) is 14.9 Å². The first kappa shape index (κ1) is 17.5. The van der Waals surface area contributed by atoms with Crippen molar-refractivity contribution in [1.29, 1.82) is 0 Å². The number of nitro groups is 1. The van der Waals surface area contributed by atoms with Crippen molar-refractivity contribution in [2.24, 2.45) is 0 Å². The van der Waals surface area contributed by atoms with Gasteiger partial charge in [0.15, 0.2) is 11.9 Å². The summed E-state index contributed by atoms with van der Waals surface area (Å²) in [4.78, 5) is 24.9. The van der Waals surface area contributed by atoms with Gasteiger partial charge < -0.3 is 9.64 Å². The minimum atomic E-state index is -0.841. The summed E-state index contributed by atoms with van der Waals surface area (Å²) < 4.78 is 5.59. The summed E-state index contributed by atoms with van der Waals surface area (Å²) in [6.07, 6.45) is -0.841. The lowest BCUT2D eigenvalue weighted by Gasteiger charge is -2.25. The van der Waals surface area contributed by atoms with Crippen LogP contribution in [-0.4, -0.2) is 23.5 Å². The van der Waals surface area contributed by atoms with Gasteiger partial charge in [0, 0.05) is 18.3 Å². The number of anilines is 1. The highest BCUT2D eigenvalue weighted by atomic mass is 16.6. The van der Waals surface area contributed by atoms with Crippen LogP contribution in [-0.2, 0) is 4.79 Å². The number of aryl methyl sites for hydroxylation is 1. The largest absolute Gasteiger partial charge is 0.474 e. The van der Waals surface area contributed by atoms with Crippen molar-refractivity contribution in [3.63, 3.8) is 0 Å². The van der Waals surface area contributed by atoms with Crippen molar-refractivity contribution in [3.8, 4) is 5.75 Å². The average molecular weight is 328 g/mol. The molecule has 1 atom stereocenters. The number of benzene rings is 2. The molecule has 2 rings (SSSR count). The fourth-order valence-electron chi connectivity index (χ4n) is 2.40. The van der Waals surface area contributed by atoms with Gasteiger partial charge in [-0.05, 0) is 44.5 Å².